The summed E-state index contributed by atoms with van der Waals surface area (Å²) in [5.74, 6) is 1.11. The number of nitrogens with zero attached hydrogens (tertiary/aromatic N) is 1. The molecule has 2 aliphatic rings. The van der Waals surface area contributed by atoms with Gasteiger partial charge in [-0.15, -0.1) is 0 Å². The summed E-state index contributed by atoms with van der Waals surface area (Å²) >= 11 is 0. The summed E-state index contributed by atoms with van der Waals surface area (Å²) in [6.45, 7) is 7.59. The van der Waals surface area contributed by atoms with Crippen LogP contribution in [0.4, 0.5) is 4.79 Å². The maximum atomic E-state index is 12.2. The second kappa shape index (κ2) is 9.48. The molecule has 2 fully saturated rings. The molecule has 0 aromatic carbocycles. The van der Waals surface area contributed by atoms with Crippen molar-refractivity contribution < 1.29 is 9.90 Å². The lowest BCUT2D eigenvalue weighted by molar-refractivity contribution is 0.208. The summed E-state index contributed by atoms with van der Waals surface area (Å²) in [5, 5.41) is 15.4. The van der Waals surface area contributed by atoms with Crippen LogP contribution in [0.2, 0.25) is 0 Å². The van der Waals surface area contributed by atoms with Crippen LogP contribution in [0.25, 0.3) is 0 Å². The fourth-order valence-electron chi connectivity index (χ4n) is 3.97. The molecule has 5 heteroatoms. The van der Waals surface area contributed by atoms with Crippen molar-refractivity contribution >= 4 is 6.03 Å². The van der Waals surface area contributed by atoms with E-state index in [2.05, 4.69) is 22.5 Å². The highest BCUT2D eigenvalue weighted by Crippen LogP contribution is 2.26. The number of likely N-dealkylation sites (tertiary alicyclic amines) is 1. The number of aliphatic hydroxyl groups excluding tert-OH is 1. The van der Waals surface area contributed by atoms with E-state index in [1.54, 1.807) is 0 Å². The van der Waals surface area contributed by atoms with E-state index in [1.807, 2.05) is 6.92 Å². The first-order chi connectivity index (χ1) is 11.1. The van der Waals surface area contributed by atoms with Crippen molar-refractivity contribution in [1.82, 2.24) is 15.5 Å². The molecule has 1 saturated heterocycles. The molecule has 0 bridgehead atoms. The fourth-order valence-corrected chi connectivity index (χ4v) is 3.97. The van der Waals surface area contributed by atoms with E-state index in [-0.39, 0.29) is 30.6 Å². The number of hydrogen-bond donors (Lipinski definition) is 3. The fraction of sp³-hybridized carbons (Fsp3) is 0.944. The van der Waals surface area contributed by atoms with Gasteiger partial charge in [-0.25, -0.2) is 4.79 Å². The minimum Gasteiger partial charge on any atom is -0.396 e. The van der Waals surface area contributed by atoms with Gasteiger partial charge in [-0.05, 0) is 43.9 Å². The van der Waals surface area contributed by atoms with Gasteiger partial charge >= 0.3 is 6.03 Å². The Morgan fingerprint density at radius 1 is 1.30 bits per heavy atom. The Morgan fingerprint density at radius 3 is 2.70 bits per heavy atom. The zero-order valence-corrected chi connectivity index (χ0v) is 14.9. The Kier molecular flexibility index (Phi) is 7.63. The van der Waals surface area contributed by atoms with Gasteiger partial charge in [0.05, 0.1) is 0 Å². The van der Waals surface area contributed by atoms with E-state index >= 15 is 0 Å². The van der Waals surface area contributed by atoms with Crippen LogP contribution in [0, 0.1) is 11.8 Å². The van der Waals surface area contributed by atoms with E-state index in [4.69, 9.17) is 5.11 Å². The summed E-state index contributed by atoms with van der Waals surface area (Å²) in [6.07, 6.45) is 8.35. The van der Waals surface area contributed by atoms with Crippen LogP contribution in [0.5, 0.6) is 0 Å². The van der Waals surface area contributed by atoms with Crippen LogP contribution in [0.15, 0.2) is 0 Å². The third-order valence-electron chi connectivity index (χ3n) is 5.43. The number of nitrogens with one attached hydrogen (secondary N) is 2. The Hall–Kier alpha value is -0.810. The van der Waals surface area contributed by atoms with Gasteiger partial charge in [-0.2, -0.15) is 0 Å². The molecule has 0 aromatic heterocycles. The monoisotopic (exact) mass is 325 g/mol. The Balaban J connectivity index is 1.66. The van der Waals surface area contributed by atoms with Crippen molar-refractivity contribution in [2.45, 2.75) is 70.9 Å². The highest BCUT2D eigenvalue weighted by atomic mass is 16.3. The number of rotatable bonds is 8. The topological polar surface area (TPSA) is 64.6 Å². The third kappa shape index (κ3) is 6.30. The standard InChI is InChI=1S/C18H35N3O2/c1-3-16(10-14(2)13-22)19-18(23)20-17-8-9-21(12-17)11-15-6-4-5-7-15/h14-17,22H,3-13H2,1-2H3,(H2,19,20,23)/t14-,16+,17-/m0/s1. The SMILES string of the molecule is CC[C@H](C[C@H](C)CO)NC(=O)N[C@H]1CCN(CC2CCCC2)C1. The molecule has 1 saturated carbocycles. The average molecular weight is 325 g/mol. The van der Waals surface area contributed by atoms with Gasteiger partial charge in [0.25, 0.3) is 0 Å². The van der Waals surface area contributed by atoms with Gasteiger partial charge in [0.2, 0.25) is 0 Å². The first-order valence-electron chi connectivity index (χ1n) is 9.51. The molecule has 1 aliphatic heterocycles. The first-order valence-corrected chi connectivity index (χ1v) is 9.51. The highest BCUT2D eigenvalue weighted by molar-refractivity contribution is 5.74. The van der Waals surface area contributed by atoms with Crippen molar-refractivity contribution in [3.8, 4) is 0 Å². The molecule has 23 heavy (non-hydrogen) atoms. The molecule has 2 amide bonds. The van der Waals surface area contributed by atoms with Gasteiger partial charge in [0, 0.05) is 38.3 Å². The largest absolute Gasteiger partial charge is 0.396 e. The molecule has 1 heterocycles. The molecule has 0 unspecified atom stereocenters. The molecule has 2 rings (SSSR count). The predicted molar refractivity (Wildman–Crippen MR) is 93.4 cm³/mol. The highest BCUT2D eigenvalue weighted by Gasteiger charge is 2.27. The predicted octanol–water partition coefficient (Wildman–Crippen LogP) is 2.35. The number of amides is 2. The quantitative estimate of drug-likeness (QED) is 0.642. The molecule has 3 N–H and O–H groups in total. The van der Waals surface area contributed by atoms with Crippen molar-refractivity contribution in [1.29, 1.82) is 0 Å². The number of hydrogen-bond acceptors (Lipinski definition) is 3. The maximum absolute atomic E-state index is 12.2. The minimum atomic E-state index is -0.0466. The first kappa shape index (κ1) is 18.5. The van der Waals surface area contributed by atoms with E-state index in [0.29, 0.717) is 0 Å². The van der Waals surface area contributed by atoms with Crippen LogP contribution >= 0.6 is 0 Å². The lowest BCUT2D eigenvalue weighted by Crippen LogP contribution is -2.47. The number of carbonyl (C=O) groups is 1. The van der Waals surface area contributed by atoms with Gasteiger partial charge < -0.3 is 20.6 Å². The van der Waals surface area contributed by atoms with Crippen LogP contribution in [0.1, 0.15) is 58.8 Å². The normalized spacial score (nSPS) is 25.4. The second-order valence-corrected chi connectivity index (χ2v) is 7.64. The van der Waals surface area contributed by atoms with Gasteiger partial charge in [-0.1, -0.05) is 26.7 Å². The smallest absolute Gasteiger partial charge is 0.315 e. The number of aliphatic hydroxyl groups is 1. The molecule has 0 aromatic rings. The van der Waals surface area contributed by atoms with E-state index < -0.39 is 0 Å². The Bertz CT molecular complexity index is 358. The summed E-state index contributed by atoms with van der Waals surface area (Å²) in [6, 6.07) is 0.382. The lowest BCUT2D eigenvalue weighted by Gasteiger charge is -2.23. The van der Waals surface area contributed by atoms with Crippen LogP contribution in [-0.4, -0.2) is 54.4 Å². The lowest BCUT2D eigenvalue weighted by atomic mass is 10.0. The van der Waals surface area contributed by atoms with Crippen LogP contribution < -0.4 is 10.6 Å². The number of urea groups is 1. The van der Waals surface area contributed by atoms with Gasteiger partial charge in [0.1, 0.15) is 0 Å². The molecule has 134 valence electrons. The molecule has 0 spiro atoms. The van der Waals surface area contributed by atoms with E-state index in [0.717, 1.165) is 38.3 Å². The van der Waals surface area contributed by atoms with E-state index in [1.165, 1.54) is 32.2 Å². The van der Waals surface area contributed by atoms with Crippen LogP contribution in [-0.2, 0) is 0 Å². The van der Waals surface area contributed by atoms with Crippen molar-refractivity contribution in [2.24, 2.45) is 11.8 Å². The summed E-state index contributed by atoms with van der Waals surface area (Å²) in [4.78, 5) is 14.7. The molecule has 0 radical (unpaired) electrons. The molecule has 1 aliphatic carbocycles. The van der Waals surface area contributed by atoms with E-state index in [9.17, 15) is 4.79 Å². The Morgan fingerprint density at radius 2 is 2.04 bits per heavy atom. The summed E-state index contributed by atoms with van der Waals surface area (Å²) < 4.78 is 0. The molecular formula is C18H35N3O2. The second-order valence-electron chi connectivity index (χ2n) is 7.64. The summed E-state index contributed by atoms with van der Waals surface area (Å²) in [5.41, 5.74) is 0. The summed E-state index contributed by atoms with van der Waals surface area (Å²) in [7, 11) is 0. The minimum absolute atomic E-state index is 0.0466. The van der Waals surface area contributed by atoms with Gasteiger partial charge in [-0.3, -0.25) is 0 Å². The zero-order valence-electron chi connectivity index (χ0n) is 14.9. The number of carbonyl (C=O) groups excluding carboxylic acids is 1. The van der Waals surface area contributed by atoms with Crippen molar-refractivity contribution in [3.63, 3.8) is 0 Å². The molecular weight excluding hydrogens is 290 g/mol. The average Bonchev–Trinajstić information content (AvgIpc) is 3.19. The third-order valence-corrected chi connectivity index (χ3v) is 5.43. The Labute approximate surface area is 141 Å². The van der Waals surface area contributed by atoms with Gasteiger partial charge in [0.15, 0.2) is 0 Å². The zero-order chi connectivity index (χ0) is 16.7. The van der Waals surface area contributed by atoms with Crippen LogP contribution in [0.3, 0.4) is 0 Å². The van der Waals surface area contributed by atoms with Crippen molar-refractivity contribution in [2.75, 3.05) is 26.2 Å². The van der Waals surface area contributed by atoms with Crippen molar-refractivity contribution in [3.05, 3.63) is 0 Å². The molecule has 5 nitrogen and oxygen atoms in total. The molecule has 3 atom stereocenters. The maximum Gasteiger partial charge on any atom is 0.315 e.